The second-order valence-electron chi connectivity index (χ2n) is 6.62. The molecule has 0 aromatic carbocycles. The van der Waals surface area contributed by atoms with Gasteiger partial charge in [0, 0.05) is 43.1 Å². The number of hydrogen-bond acceptors (Lipinski definition) is 4. The lowest BCUT2D eigenvalue weighted by atomic mass is 10.1. The average Bonchev–Trinajstić information content (AvgIpc) is 2.65. The fraction of sp³-hybridized carbons (Fsp3) is 0.700. The number of carbonyl (C=O) groups is 2. The third-order valence-corrected chi connectivity index (χ3v) is 4.47. The standard InChI is InChI=1S/C20H34N2O3/c1-17(7-5-8-18(2)11-12-20(24)25-4)9-6-10-19(23)22-15-13-21(3)14-16-22/h8-9H,5-7,10-16H2,1-4H3/b17-9+,18-8+/i3D3. The molecule has 1 aliphatic rings. The number of esters is 1. The molecule has 5 heteroatoms. The summed E-state index contributed by atoms with van der Waals surface area (Å²) in [4.78, 5) is 26.6. The number of rotatable bonds is 9. The number of allylic oxidation sites excluding steroid dienone is 4. The van der Waals surface area contributed by atoms with E-state index in [1.54, 1.807) is 4.90 Å². The second-order valence-corrected chi connectivity index (χ2v) is 6.62. The molecule has 0 spiro atoms. The van der Waals surface area contributed by atoms with Crippen molar-refractivity contribution in [1.82, 2.24) is 9.80 Å². The van der Waals surface area contributed by atoms with E-state index < -0.39 is 6.98 Å². The van der Waals surface area contributed by atoms with E-state index in [0.717, 1.165) is 19.3 Å². The Bertz CT molecular complexity index is 578. The van der Waals surface area contributed by atoms with Crippen molar-refractivity contribution in [3.63, 3.8) is 0 Å². The summed E-state index contributed by atoms with van der Waals surface area (Å²) in [7, 11) is 1.40. The zero-order chi connectivity index (χ0) is 21.2. The summed E-state index contributed by atoms with van der Waals surface area (Å²) in [6, 6.07) is 0. The van der Waals surface area contributed by atoms with Crippen LogP contribution in [-0.2, 0) is 14.3 Å². The van der Waals surface area contributed by atoms with E-state index in [0.29, 0.717) is 45.4 Å². The van der Waals surface area contributed by atoms with Gasteiger partial charge in [0.15, 0.2) is 0 Å². The van der Waals surface area contributed by atoms with Gasteiger partial charge in [-0.25, -0.2) is 0 Å². The van der Waals surface area contributed by atoms with Gasteiger partial charge in [-0.05, 0) is 46.5 Å². The monoisotopic (exact) mass is 353 g/mol. The maximum Gasteiger partial charge on any atom is 0.305 e. The van der Waals surface area contributed by atoms with Crippen molar-refractivity contribution in [2.45, 2.75) is 52.4 Å². The molecule has 1 heterocycles. The fourth-order valence-electron chi connectivity index (χ4n) is 2.71. The zero-order valence-electron chi connectivity index (χ0n) is 18.8. The highest BCUT2D eigenvalue weighted by Crippen LogP contribution is 2.12. The molecule has 0 bridgehead atoms. The van der Waals surface area contributed by atoms with Crippen molar-refractivity contribution < 1.29 is 18.4 Å². The molecular formula is C20H34N2O3. The van der Waals surface area contributed by atoms with E-state index in [1.165, 1.54) is 23.2 Å². The van der Waals surface area contributed by atoms with E-state index in [-0.39, 0.29) is 11.9 Å². The van der Waals surface area contributed by atoms with Crippen LogP contribution in [0.4, 0.5) is 0 Å². The predicted octanol–water partition coefficient (Wildman–Crippen LogP) is 3.17. The molecule has 5 nitrogen and oxygen atoms in total. The summed E-state index contributed by atoms with van der Waals surface area (Å²) >= 11 is 0. The van der Waals surface area contributed by atoms with Crippen LogP contribution in [0.5, 0.6) is 0 Å². The van der Waals surface area contributed by atoms with Crippen molar-refractivity contribution in [3.05, 3.63) is 23.3 Å². The highest BCUT2D eigenvalue weighted by Gasteiger charge is 2.17. The van der Waals surface area contributed by atoms with Crippen LogP contribution in [0.1, 0.15) is 56.5 Å². The van der Waals surface area contributed by atoms with Crippen LogP contribution >= 0.6 is 0 Å². The largest absolute Gasteiger partial charge is 0.469 e. The van der Waals surface area contributed by atoms with Crippen LogP contribution in [0, 0.1) is 0 Å². The van der Waals surface area contributed by atoms with Gasteiger partial charge in [-0.3, -0.25) is 9.59 Å². The van der Waals surface area contributed by atoms with Gasteiger partial charge in [0.1, 0.15) is 0 Å². The lowest BCUT2D eigenvalue weighted by molar-refractivity contribution is -0.140. The van der Waals surface area contributed by atoms with Gasteiger partial charge in [0.05, 0.1) is 7.11 Å². The second kappa shape index (κ2) is 11.9. The first-order valence-electron chi connectivity index (χ1n) is 10.5. The molecule has 0 atom stereocenters. The lowest BCUT2D eigenvalue weighted by Crippen LogP contribution is -2.47. The van der Waals surface area contributed by atoms with E-state index in [1.807, 2.05) is 6.92 Å². The summed E-state index contributed by atoms with van der Waals surface area (Å²) < 4.78 is 26.9. The molecule has 1 fully saturated rings. The average molecular weight is 354 g/mol. The quantitative estimate of drug-likeness (QED) is 0.472. The molecule has 25 heavy (non-hydrogen) atoms. The van der Waals surface area contributed by atoms with Crippen LogP contribution in [0.15, 0.2) is 23.3 Å². The Morgan fingerprint density at radius 3 is 2.16 bits per heavy atom. The third kappa shape index (κ3) is 9.44. The Morgan fingerprint density at radius 1 is 0.960 bits per heavy atom. The van der Waals surface area contributed by atoms with Crippen LogP contribution in [0.25, 0.3) is 0 Å². The van der Waals surface area contributed by atoms with E-state index >= 15 is 0 Å². The minimum Gasteiger partial charge on any atom is -0.469 e. The summed E-state index contributed by atoms with van der Waals surface area (Å²) in [6.07, 6.45) is 8.40. The number of hydrogen-bond donors (Lipinski definition) is 0. The molecule has 1 rings (SSSR count). The maximum atomic E-state index is 12.3. The van der Waals surface area contributed by atoms with Crippen molar-refractivity contribution >= 4 is 11.9 Å². The highest BCUT2D eigenvalue weighted by molar-refractivity contribution is 5.76. The molecule has 0 radical (unpaired) electrons. The summed E-state index contributed by atoms with van der Waals surface area (Å²) in [6.45, 7) is 3.79. The molecule has 0 unspecified atom stereocenters. The van der Waals surface area contributed by atoms with Gasteiger partial charge in [0.25, 0.3) is 0 Å². The lowest BCUT2D eigenvalue weighted by Gasteiger charge is -2.32. The summed E-state index contributed by atoms with van der Waals surface area (Å²) in [5, 5.41) is 0. The predicted molar refractivity (Wildman–Crippen MR) is 101 cm³/mol. The number of methoxy groups -OCH3 is 1. The van der Waals surface area contributed by atoms with Crippen molar-refractivity contribution in [2.75, 3.05) is 40.3 Å². The molecule has 1 amide bonds. The van der Waals surface area contributed by atoms with E-state index in [9.17, 15) is 9.59 Å². The number of likely N-dealkylation sites (N-methyl/N-ethyl adjacent to an activating group) is 1. The smallest absolute Gasteiger partial charge is 0.305 e. The SMILES string of the molecule is [2H]C([2H])([2H])N1CCN(C(=O)CC/C=C(\C)CC/C=C(\C)CCC(=O)OC)CC1. The van der Waals surface area contributed by atoms with Gasteiger partial charge in [-0.2, -0.15) is 0 Å². The van der Waals surface area contributed by atoms with Gasteiger partial charge in [0.2, 0.25) is 5.91 Å². The van der Waals surface area contributed by atoms with E-state index in [2.05, 4.69) is 23.8 Å². The van der Waals surface area contributed by atoms with Crippen LogP contribution < -0.4 is 0 Å². The Morgan fingerprint density at radius 2 is 1.56 bits per heavy atom. The number of piperazine rings is 1. The van der Waals surface area contributed by atoms with Gasteiger partial charge in [-0.1, -0.05) is 23.3 Å². The molecule has 0 saturated carbocycles. The molecule has 142 valence electrons. The Labute approximate surface area is 156 Å². The highest BCUT2D eigenvalue weighted by atomic mass is 16.5. The third-order valence-electron chi connectivity index (χ3n) is 4.47. The first kappa shape index (κ1) is 16.8. The Kier molecular flexibility index (Phi) is 7.98. The van der Waals surface area contributed by atoms with Gasteiger partial charge >= 0.3 is 5.97 Å². The topological polar surface area (TPSA) is 49.9 Å². The van der Waals surface area contributed by atoms with E-state index in [4.69, 9.17) is 4.11 Å². The minimum absolute atomic E-state index is 0.0905. The number of ether oxygens (including phenoxy) is 1. The molecule has 1 saturated heterocycles. The summed E-state index contributed by atoms with van der Waals surface area (Å²) in [5.74, 6) is -0.0962. The molecule has 1 aliphatic heterocycles. The van der Waals surface area contributed by atoms with Crippen LogP contribution in [0.2, 0.25) is 0 Å². The Balaban J connectivity index is 2.25. The van der Waals surface area contributed by atoms with Crippen LogP contribution in [-0.4, -0.2) is 61.9 Å². The van der Waals surface area contributed by atoms with Crippen molar-refractivity contribution in [2.24, 2.45) is 0 Å². The van der Waals surface area contributed by atoms with Gasteiger partial charge in [-0.15, -0.1) is 0 Å². The van der Waals surface area contributed by atoms with Gasteiger partial charge < -0.3 is 14.5 Å². The first-order valence-corrected chi connectivity index (χ1v) is 9.04. The van der Waals surface area contributed by atoms with Crippen LogP contribution in [0.3, 0.4) is 0 Å². The molecule has 0 aromatic rings. The zero-order valence-corrected chi connectivity index (χ0v) is 15.8. The number of amides is 1. The molecule has 0 N–H and O–H groups in total. The minimum atomic E-state index is -2.07. The van der Waals surface area contributed by atoms with Crippen molar-refractivity contribution in [1.29, 1.82) is 0 Å². The normalized spacial score (nSPS) is 19.2. The Hall–Kier alpha value is -1.62. The first-order chi connectivity index (χ1) is 13.1. The molecular weight excluding hydrogens is 316 g/mol. The molecule has 0 aliphatic carbocycles. The maximum absolute atomic E-state index is 12.3. The summed E-state index contributed by atoms with van der Waals surface area (Å²) in [5.41, 5.74) is 2.43. The molecule has 0 aromatic heterocycles. The fourth-order valence-corrected chi connectivity index (χ4v) is 2.71. The number of carbonyl (C=O) groups excluding carboxylic acids is 2. The number of nitrogens with zero attached hydrogens (tertiary/aromatic N) is 2. The van der Waals surface area contributed by atoms with Crippen molar-refractivity contribution in [3.8, 4) is 0 Å².